The van der Waals surface area contributed by atoms with Gasteiger partial charge in [-0.3, -0.25) is 9.59 Å². The van der Waals surface area contributed by atoms with Gasteiger partial charge < -0.3 is 15.5 Å². The Labute approximate surface area is 133 Å². The first-order chi connectivity index (χ1) is 10.7. The second kappa shape index (κ2) is 5.91. The van der Waals surface area contributed by atoms with Gasteiger partial charge in [0.2, 0.25) is 10.0 Å². The molecule has 1 aromatic carbocycles. The molecule has 8 nitrogen and oxygen atoms in total. The maximum absolute atomic E-state index is 12.5. The van der Waals surface area contributed by atoms with Gasteiger partial charge in [-0.2, -0.15) is 4.31 Å². The Hall–Kier alpha value is -1.97. The fraction of sp³-hybridized carbons (Fsp3) is 0.429. The molecule has 0 fully saturated rings. The Morgan fingerprint density at radius 1 is 1.30 bits per heavy atom. The van der Waals surface area contributed by atoms with Gasteiger partial charge in [0, 0.05) is 24.3 Å². The van der Waals surface area contributed by atoms with Gasteiger partial charge in [0.25, 0.3) is 5.91 Å². The van der Waals surface area contributed by atoms with Crippen LogP contribution in [0.4, 0.5) is 5.69 Å². The van der Waals surface area contributed by atoms with Gasteiger partial charge in [-0.1, -0.05) is 13.8 Å². The maximum atomic E-state index is 12.5. The highest BCUT2D eigenvalue weighted by molar-refractivity contribution is 7.89. The number of carbonyl (C=O) groups is 2. The van der Waals surface area contributed by atoms with E-state index >= 15 is 0 Å². The molecule has 2 rings (SSSR count). The first kappa shape index (κ1) is 17.4. The van der Waals surface area contributed by atoms with Crippen molar-refractivity contribution in [2.75, 3.05) is 18.4 Å². The number of amides is 1. The molecule has 1 amide bonds. The molecule has 0 radical (unpaired) electrons. The number of nitrogens with zero attached hydrogens (tertiary/aromatic N) is 1. The molecule has 0 spiro atoms. The number of benzene rings is 1. The summed E-state index contributed by atoms with van der Waals surface area (Å²) in [6, 6.07) is 3.83. The van der Waals surface area contributed by atoms with Crippen molar-refractivity contribution in [3.63, 3.8) is 0 Å². The number of aliphatic hydroxyl groups is 1. The quantitative estimate of drug-likeness (QED) is 0.684. The minimum atomic E-state index is -3.78. The van der Waals surface area contributed by atoms with Crippen molar-refractivity contribution in [2.24, 2.45) is 0 Å². The summed E-state index contributed by atoms with van der Waals surface area (Å²) in [7, 11) is -3.78. The highest BCUT2D eigenvalue weighted by Crippen LogP contribution is 2.39. The van der Waals surface area contributed by atoms with Gasteiger partial charge in [-0.15, -0.1) is 0 Å². The normalized spacial score (nSPS) is 20.4. The number of carboxylic acids is 1. The van der Waals surface area contributed by atoms with Crippen LogP contribution < -0.4 is 5.32 Å². The zero-order chi connectivity index (χ0) is 17.4. The molecule has 1 aliphatic rings. The van der Waals surface area contributed by atoms with Gasteiger partial charge in [-0.05, 0) is 18.2 Å². The lowest BCUT2D eigenvalue weighted by atomic mass is 9.92. The molecule has 126 valence electrons. The van der Waals surface area contributed by atoms with E-state index in [4.69, 9.17) is 5.11 Å². The summed E-state index contributed by atoms with van der Waals surface area (Å²) >= 11 is 0. The molecule has 9 heteroatoms. The fourth-order valence-corrected chi connectivity index (χ4v) is 4.07. The molecule has 1 atom stereocenters. The highest BCUT2D eigenvalue weighted by atomic mass is 32.2. The molecule has 0 saturated heterocycles. The highest BCUT2D eigenvalue weighted by Gasteiger charge is 2.47. The monoisotopic (exact) mass is 342 g/mol. The Kier molecular flexibility index (Phi) is 4.47. The Morgan fingerprint density at radius 3 is 2.43 bits per heavy atom. The van der Waals surface area contributed by atoms with E-state index in [0.717, 1.165) is 6.07 Å². The van der Waals surface area contributed by atoms with Crippen LogP contribution in [0.25, 0.3) is 0 Å². The largest absolute Gasteiger partial charge is 0.481 e. The van der Waals surface area contributed by atoms with E-state index in [9.17, 15) is 23.1 Å². The lowest BCUT2D eigenvalue weighted by Crippen LogP contribution is -2.36. The van der Waals surface area contributed by atoms with Crippen LogP contribution in [0.15, 0.2) is 23.1 Å². The third-order valence-electron chi connectivity index (χ3n) is 3.81. The zero-order valence-electron chi connectivity index (χ0n) is 12.7. The Bertz CT molecular complexity index is 757. The van der Waals surface area contributed by atoms with Gasteiger partial charge >= 0.3 is 5.97 Å². The molecule has 1 unspecified atom stereocenters. The third kappa shape index (κ3) is 2.82. The van der Waals surface area contributed by atoms with Crippen molar-refractivity contribution < 1.29 is 28.2 Å². The first-order valence-electron chi connectivity index (χ1n) is 7.07. The van der Waals surface area contributed by atoms with Crippen molar-refractivity contribution in [2.45, 2.75) is 30.8 Å². The van der Waals surface area contributed by atoms with Gasteiger partial charge in [0.1, 0.15) is 0 Å². The number of anilines is 1. The zero-order valence-corrected chi connectivity index (χ0v) is 13.6. The van der Waals surface area contributed by atoms with Crippen LogP contribution in [0, 0.1) is 0 Å². The van der Waals surface area contributed by atoms with Gasteiger partial charge in [0.15, 0.2) is 5.60 Å². The van der Waals surface area contributed by atoms with Crippen LogP contribution in [0.2, 0.25) is 0 Å². The molecular formula is C14H18N2O6S. The molecule has 1 aromatic rings. The maximum Gasteiger partial charge on any atom is 0.307 e. The third-order valence-corrected chi connectivity index (χ3v) is 5.86. The lowest BCUT2D eigenvalue weighted by Gasteiger charge is -2.21. The smallest absolute Gasteiger partial charge is 0.307 e. The predicted octanol–water partition coefficient (Wildman–Crippen LogP) is 0.331. The number of aliphatic carboxylic acids is 1. The summed E-state index contributed by atoms with van der Waals surface area (Å²) in [5.41, 5.74) is -2.12. The van der Waals surface area contributed by atoms with Gasteiger partial charge in [0.05, 0.1) is 11.3 Å². The number of hydrogen-bond donors (Lipinski definition) is 3. The second-order valence-corrected chi connectivity index (χ2v) is 7.12. The molecule has 3 N–H and O–H groups in total. The van der Waals surface area contributed by atoms with Crippen LogP contribution in [0.5, 0.6) is 0 Å². The molecule has 23 heavy (non-hydrogen) atoms. The summed E-state index contributed by atoms with van der Waals surface area (Å²) in [6.45, 7) is 3.93. The Morgan fingerprint density at radius 2 is 1.91 bits per heavy atom. The number of rotatable bonds is 6. The van der Waals surface area contributed by atoms with E-state index in [2.05, 4.69) is 5.32 Å². The van der Waals surface area contributed by atoms with E-state index in [1.54, 1.807) is 13.8 Å². The topological polar surface area (TPSA) is 124 Å². The number of nitrogens with one attached hydrogen (secondary N) is 1. The van der Waals surface area contributed by atoms with E-state index < -0.39 is 33.9 Å². The number of carboxylic acid groups (broad SMARTS) is 1. The Balaban J connectivity index is 2.56. The van der Waals surface area contributed by atoms with Crippen molar-refractivity contribution in [1.82, 2.24) is 4.31 Å². The van der Waals surface area contributed by atoms with Crippen LogP contribution in [-0.4, -0.2) is 47.9 Å². The second-order valence-electron chi connectivity index (χ2n) is 5.18. The van der Waals surface area contributed by atoms with Crippen molar-refractivity contribution in [1.29, 1.82) is 0 Å². The average Bonchev–Trinajstić information content (AvgIpc) is 2.70. The van der Waals surface area contributed by atoms with Crippen molar-refractivity contribution in [3.05, 3.63) is 23.8 Å². The minimum absolute atomic E-state index is 0.0434. The summed E-state index contributed by atoms with van der Waals surface area (Å²) in [6.07, 6.45) is -0.847. The lowest BCUT2D eigenvalue weighted by molar-refractivity contribution is -0.149. The van der Waals surface area contributed by atoms with Crippen LogP contribution in [0.3, 0.4) is 0 Å². The standard InChI is InChI=1S/C14H18N2O6S/c1-3-16(4-2)23(21,22)9-5-6-11-10(7-9)14(20,8-12(17)18)13(19)15-11/h5-7,20H,3-4,8H2,1-2H3,(H,15,19)(H,17,18). The number of sulfonamides is 1. The molecule has 0 aromatic heterocycles. The molecule has 0 bridgehead atoms. The molecular weight excluding hydrogens is 324 g/mol. The van der Waals surface area contributed by atoms with Crippen LogP contribution >= 0.6 is 0 Å². The van der Waals surface area contributed by atoms with Gasteiger partial charge in [-0.25, -0.2) is 8.42 Å². The SMILES string of the molecule is CCN(CC)S(=O)(=O)c1ccc2c(c1)C(O)(CC(=O)O)C(=O)N2. The predicted molar refractivity (Wildman–Crippen MR) is 81.3 cm³/mol. The fourth-order valence-electron chi connectivity index (χ4n) is 2.59. The van der Waals surface area contributed by atoms with E-state index in [1.165, 1.54) is 16.4 Å². The summed E-state index contributed by atoms with van der Waals surface area (Å²) < 4.78 is 26.3. The van der Waals surface area contributed by atoms with E-state index in [-0.39, 0.29) is 29.2 Å². The summed E-state index contributed by atoms with van der Waals surface area (Å²) in [5.74, 6) is -2.25. The average molecular weight is 342 g/mol. The van der Waals surface area contributed by atoms with Crippen molar-refractivity contribution in [3.8, 4) is 0 Å². The van der Waals surface area contributed by atoms with E-state index in [0.29, 0.717) is 0 Å². The number of carbonyl (C=O) groups excluding carboxylic acids is 1. The molecule has 0 aliphatic carbocycles. The number of fused-ring (bicyclic) bond motifs is 1. The number of hydrogen-bond acceptors (Lipinski definition) is 5. The van der Waals surface area contributed by atoms with Crippen LogP contribution in [0.1, 0.15) is 25.8 Å². The van der Waals surface area contributed by atoms with Crippen LogP contribution in [-0.2, 0) is 25.2 Å². The molecule has 1 heterocycles. The summed E-state index contributed by atoms with van der Waals surface area (Å²) in [5, 5.41) is 21.7. The molecule has 0 saturated carbocycles. The first-order valence-corrected chi connectivity index (χ1v) is 8.51. The minimum Gasteiger partial charge on any atom is -0.481 e. The van der Waals surface area contributed by atoms with Crippen molar-refractivity contribution >= 4 is 27.6 Å². The van der Waals surface area contributed by atoms with E-state index in [1.807, 2.05) is 0 Å². The molecule has 1 aliphatic heterocycles. The summed E-state index contributed by atoms with van der Waals surface area (Å²) in [4.78, 5) is 22.7.